The van der Waals surface area contributed by atoms with Crippen LogP contribution in [0, 0.1) is 11.8 Å². The summed E-state index contributed by atoms with van der Waals surface area (Å²) in [6, 6.07) is 0. The molecule has 1 rings (SSSR count). The quantitative estimate of drug-likeness (QED) is 0.715. The minimum absolute atomic E-state index is 0.0950. The van der Waals surface area contributed by atoms with Crippen LogP contribution in [0.2, 0.25) is 0 Å². The van der Waals surface area contributed by atoms with Gasteiger partial charge in [0.25, 0.3) is 5.91 Å². The molecule has 0 unspecified atom stereocenters. The predicted octanol–water partition coefficient (Wildman–Crippen LogP) is 1.51. The Morgan fingerprint density at radius 2 is 1.84 bits per heavy atom. The van der Waals surface area contributed by atoms with Crippen molar-refractivity contribution in [3.05, 3.63) is 0 Å². The lowest BCUT2D eigenvalue weighted by atomic mass is 9.97. The van der Waals surface area contributed by atoms with Gasteiger partial charge in [-0.25, -0.2) is 9.86 Å². The van der Waals surface area contributed by atoms with E-state index >= 15 is 0 Å². The standard InChI is InChI=1S/C13H24N2O4/c1-9-7-15(12(17)19-13(2,3)4)8-10(9)11(16)14(5)18-6/h9-10H,7-8H2,1-6H3/t9-,10-/m0/s1. The Labute approximate surface area is 114 Å². The molecule has 0 spiro atoms. The van der Waals surface area contributed by atoms with Gasteiger partial charge in [0.1, 0.15) is 5.60 Å². The third-order valence-electron chi connectivity index (χ3n) is 3.17. The molecule has 0 aromatic rings. The number of nitrogens with zero attached hydrogens (tertiary/aromatic N) is 2. The fourth-order valence-corrected chi connectivity index (χ4v) is 2.09. The van der Waals surface area contributed by atoms with Gasteiger partial charge in [-0.05, 0) is 26.7 Å². The number of hydroxylamine groups is 2. The number of rotatable bonds is 2. The van der Waals surface area contributed by atoms with E-state index < -0.39 is 5.60 Å². The molecule has 1 aliphatic rings. The smallest absolute Gasteiger partial charge is 0.410 e. The molecule has 1 heterocycles. The van der Waals surface area contributed by atoms with Crippen LogP contribution < -0.4 is 0 Å². The van der Waals surface area contributed by atoms with Gasteiger partial charge in [0.2, 0.25) is 0 Å². The number of hydrogen-bond acceptors (Lipinski definition) is 4. The highest BCUT2D eigenvalue weighted by molar-refractivity contribution is 5.80. The molecule has 6 heteroatoms. The summed E-state index contributed by atoms with van der Waals surface area (Å²) < 4.78 is 5.32. The van der Waals surface area contributed by atoms with Crippen LogP contribution in [-0.4, -0.2) is 54.8 Å². The summed E-state index contributed by atoms with van der Waals surface area (Å²) in [6.45, 7) is 8.34. The average Bonchev–Trinajstić information content (AvgIpc) is 2.67. The van der Waals surface area contributed by atoms with Crippen molar-refractivity contribution in [2.24, 2.45) is 11.8 Å². The van der Waals surface area contributed by atoms with Crippen LogP contribution in [0.1, 0.15) is 27.7 Å². The topological polar surface area (TPSA) is 59.1 Å². The minimum atomic E-state index is -0.522. The lowest BCUT2D eigenvalue weighted by Crippen LogP contribution is -2.38. The Hall–Kier alpha value is -1.30. The highest BCUT2D eigenvalue weighted by atomic mass is 16.7. The summed E-state index contributed by atoms with van der Waals surface area (Å²) in [7, 11) is 3.02. The number of amides is 2. The van der Waals surface area contributed by atoms with E-state index in [0.717, 1.165) is 0 Å². The maximum atomic E-state index is 12.1. The van der Waals surface area contributed by atoms with E-state index in [1.807, 2.05) is 27.7 Å². The van der Waals surface area contributed by atoms with Crippen LogP contribution in [0.5, 0.6) is 0 Å². The van der Waals surface area contributed by atoms with E-state index in [4.69, 9.17) is 9.57 Å². The molecule has 0 saturated carbocycles. The van der Waals surface area contributed by atoms with Gasteiger partial charge in [0, 0.05) is 20.1 Å². The van der Waals surface area contributed by atoms with Crippen LogP contribution in [0.4, 0.5) is 4.79 Å². The second kappa shape index (κ2) is 5.77. The number of hydrogen-bond donors (Lipinski definition) is 0. The van der Waals surface area contributed by atoms with Gasteiger partial charge in [-0.3, -0.25) is 9.63 Å². The molecular formula is C13H24N2O4. The van der Waals surface area contributed by atoms with Gasteiger partial charge < -0.3 is 9.64 Å². The summed E-state index contributed by atoms with van der Waals surface area (Å²) in [6.07, 6.45) is -0.366. The number of ether oxygens (including phenoxy) is 1. The van der Waals surface area contributed by atoms with Crippen LogP contribution in [0.15, 0.2) is 0 Å². The number of likely N-dealkylation sites (tertiary alicyclic amines) is 1. The average molecular weight is 272 g/mol. The van der Waals surface area contributed by atoms with Crippen molar-refractivity contribution in [3.8, 4) is 0 Å². The zero-order valence-electron chi connectivity index (χ0n) is 12.6. The van der Waals surface area contributed by atoms with Crippen molar-refractivity contribution in [2.75, 3.05) is 27.2 Å². The molecule has 1 saturated heterocycles. The molecule has 1 aliphatic heterocycles. The van der Waals surface area contributed by atoms with Crippen LogP contribution in [0.25, 0.3) is 0 Å². The molecule has 2 atom stereocenters. The lowest BCUT2D eigenvalue weighted by Gasteiger charge is -2.24. The first kappa shape index (κ1) is 15.8. The van der Waals surface area contributed by atoms with E-state index in [0.29, 0.717) is 13.1 Å². The predicted molar refractivity (Wildman–Crippen MR) is 70.2 cm³/mol. The fraction of sp³-hybridized carbons (Fsp3) is 0.846. The van der Waals surface area contributed by atoms with E-state index in [9.17, 15) is 9.59 Å². The third kappa shape index (κ3) is 4.09. The van der Waals surface area contributed by atoms with Gasteiger partial charge in [0.15, 0.2) is 0 Å². The summed E-state index contributed by atoms with van der Waals surface area (Å²) in [5.41, 5.74) is -0.522. The molecule has 0 N–H and O–H groups in total. The molecule has 6 nitrogen and oxygen atoms in total. The number of carbonyl (C=O) groups excluding carboxylic acids is 2. The maximum absolute atomic E-state index is 12.1. The van der Waals surface area contributed by atoms with Crippen molar-refractivity contribution < 1.29 is 19.2 Å². The first-order valence-electron chi connectivity index (χ1n) is 6.45. The first-order chi connectivity index (χ1) is 8.65. The van der Waals surface area contributed by atoms with E-state index in [-0.39, 0.29) is 23.8 Å². The Balaban J connectivity index is 2.64. The summed E-state index contributed by atoms with van der Waals surface area (Å²) in [4.78, 5) is 30.5. The summed E-state index contributed by atoms with van der Waals surface area (Å²) >= 11 is 0. The molecule has 19 heavy (non-hydrogen) atoms. The molecule has 0 aromatic carbocycles. The Morgan fingerprint density at radius 3 is 2.32 bits per heavy atom. The SMILES string of the molecule is CON(C)C(=O)[C@H]1CN(C(=O)OC(C)(C)C)C[C@@H]1C. The van der Waals surface area contributed by atoms with Gasteiger partial charge in [0.05, 0.1) is 13.0 Å². The van der Waals surface area contributed by atoms with Crippen molar-refractivity contribution in [3.63, 3.8) is 0 Å². The molecule has 0 aromatic heterocycles. The molecular weight excluding hydrogens is 248 g/mol. The fourth-order valence-electron chi connectivity index (χ4n) is 2.09. The maximum Gasteiger partial charge on any atom is 0.410 e. The highest BCUT2D eigenvalue weighted by Gasteiger charge is 2.39. The zero-order valence-corrected chi connectivity index (χ0v) is 12.6. The van der Waals surface area contributed by atoms with Gasteiger partial charge in [-0.1, -0.05) is 6.92 Å². The Morgan fingerprint density at radius 1 is 1.26 bits per heavy atom. The molecule has 0 radical (unpaired) electrons. The van der Waals surface area contributed by atoms with E-state index in [1.165, 1.54) is 12.2 Å². The normalized spacial score (nSPS) is 23.4. The van der Waals surface area contributed by atoms with E-state index in [2.05, 4.69) is 0 Å². The summed E-state index contributed by atoms with van der Waals surface area (Å²) in [5.74, 6) is -0.254. The number of carbonyl (C=O) groups is 2. The van der Waals surface area contributed by atoms with Crippen molar-refractivity contribution >= 4 is 12.0 Å². The van der Waals surface area contributed by atoms with Crippen LogP contribution >= 0.6 is 0 Å². The van der Waals surface area contributed by atoms with Crippen molar-refractivity contribution in [1.29, 1.82) is 0 Å². The Kier molecular flexibility index (Phi) is 4.79. The zero-order chi connectivity index (χ0) is 14.8. The first-order valence-corrected chi connectivity index (χ1v) is 6.45. The molecule has 0 bridgehead atoms. The Bertz CT molecular complexity index is 351. The lowest BCUT2D eigenvalue weighted by molar-refractivity contribution is -0.174. The summed E-state index contributed by atoms with van der Waals surface area (Å²) in [5, 5.41) is 1.21. The highest BCUT2D eigenvalue weighted by Crippen LogP contribution is 2.26. The van der Waals surface area contributed by atoms with E-state index in [1.54, 1.807) is 11.9 Å². The van der Waals surface area contributed by atoms with Gasteiger partial charge >= 0.3 is 6.09 Å². The van der Waals surface area contributed by atoms with Crippen molar-refractivity contribution in [1.82, 2.24) is 9.96 Å². The molecule has 0 aliphatic carbocycles. The van der Waals surface area contributed by atoms with Gasteiger partial charge in [-0.15, -0.1) is 0 Å². The monoisotopic (exact) mass is 272 g/mol. The minimum Gasteiger partial charge on any atom is -0.444 e. The van der Waals surface area contributed by atoms with Crippen molar-refractivity contribution in [2.45, 2.75) is 33.3 Å². The second-order valence-corrected chi connectivity index (χ2v) is 5.99. The largest absolute Gasteiger partial charge is 0.444 e. The van der Waals surface area contributed by atoms with Gasteiger partial charge in [-0.2, -0.15) is 0 Å². The third-order valence-corrected chi connectivity index (χ3v) is 3.17. The molecule has 2 amide bonds. The second-order valence-electron chi connectivity index (χ2n) is 5.99. The molecule has 110 valence electrons. The van der Waals surface area contributed by atoms with Crippen LogP contribution in [0.3, 0.4) is 0 Å². The van der Waals surface area contributed by atoms with Crippen LogP contribution in [-0.2, 0) is 14.4 Å². The molecule has 1 fully saturated rings.